The van der Waals surface area contributed by atoms with Crippen LogP contribution < -0.4 is 10.1 Å². The lowest BCUT2D eigenvalue weighted by atomic mass is 9.89. The largest absolute Gasteiger partial charge is 0.494 e. The molecule has 1 aliphatic rings. The van der Waals surface area contributed by atoms with Gasteiger partial charge < -0.3 is 15.0 Å². The number of rotatable bonds is 8. The Balaban J connectivity index is 1.94. The number of para-hydroxylation sites is 1. The third-order valence-corrected chi connectivity index (χ3v) is 5.32. The number of carbonyl (C=O) groups excluding carboxylic acids is 1. The predicted octanol–water partition coefficient (Wildman–Crippen LogP) is 5.43. The van der Waals surface area contributed by atoms with Gasteiger partial charge in [0.25, 0.3) is 5.91 Å². The molecule has 148 valence electrons. The normalized spacial score (nSPS) is 18.6. The van der Waals surface area contributed by atoms with Crippen molar-refractivity contribution in [1.29, 1.82) is 0 Å². The van der Waals surface area contributed by atoms with Crippen molar-refractivity contribution in [3.8, 4) is 5.75 Å². The van der Waals surface area contributed by atoms with E-state index in [1.807, 2.05) is 41.3 Å². The van der Waals surface area contributed by atoms with Crippen LogP contribution in [0.25, 0.3) is 0 Å². The molecule has 2 aromatic rings. The van der Waals surface area contributed by atoms with Crippen LogP contribution in [0.5, 0.6) is 5.75 Å². The molecule has 1 unspecified atom stereocenters. The quantitative estimate of drug-likeness (QED) is 0.623. The van der Waals surface area contributed by atoms with Gasteiger partial charge >= 0.3 is 0 Å². The summed E-state index contributed by atoms with van der Waals surface area (Å²) in [4.78, 5) is 15.1. The van der Waals surface area contributed by atoms with Crippen molar-refractivity contribution in [3.63, 3.8) is 0 Å². The van der Waals surface area contributed by atoms with Gasteiger partial charge in [-0.25, -0.2) is 0 Å². The van der Waals surface area contributed by atoms with E-state index in [1.54, 1.807) is 6.08 Å². The molecule has 0 saturated heterocycles. The molecule has 0 spiro atoms. The summed E-state index contributed by atoms with van der Waals surface area (Å²) in [7, 11) is 0. The highest BCUT2D eigenvalue weighted by molar-refractivity contribution is 6.02. The zero-order valence-electron chi connectivity index (χ0n) is 17.1. The molecular weight excluding hydrogens is 348 g/mol. The van der Waals surface area contributed by atoms with Crippen LogP contribution in [0, 0.1) is 5.92 Å². The summed E-state index contributed by atoms with van der Waals surface area (Å²) in [5.74, 6) is 1.49. The van der Waals surface area contributed by atoms with Crippen LogP contribution in [-0.4, -0.2) is 24.0 Å². The van der Waals surface area contributed by atoms with E-state index in [2.05, 4.69) is 44.8 Å². The summed E-state index contributed by atoms with van der Waals surface area (Å²) < 4.78 is 5.86. The molecule has 1 heterocycles. The Morgan fingerprint density at radius 3 is 2.54 bits per heavy atom. The summed E-state index contributed by atoms with van der Waals surface area (Å²) >= 11 is 0. The first kappa shape index (κ1) is 20.0. The van der Waals surface area contributed by atoms with Crippen LogP contribution in [0.4, 0.5) is 5.69 Å². The number of hydrogen-bond donors (Lipinski definition) is 1. The summed E-state index contributed by atoms with van der Waals surface area (Å²) in [6, 6.07) is 15.8. The average Bonchev–Trinajstić information content (AvgIpc) is 2.70. The molecule has 4 heteroatoms. The van der Waals surface area contributed by atoms with E-state index in [0.717, 1.165) is 29.8 Å². The van der Waals surface area contributed by atoms with E-state index in [1.165, 1.54) is 0 Å². The monoisotopic (exact) mass is 378 g/mol. The van der Waals surface area contributed by atoms with Crippen molar-refractivity contribution < 1.29 is 9.53 Å². The average molecular weight is 379 g/mol. The fraction of sp³-hybridized carbons (Fsp3) is 0.375. The van der Waals surface area contributed by atoms with Gasteiger partial charge in [-0.3, -0.25) is 4.79 Å². The number of benzene rings is 2. The van der Waals surface area contributed by atoms with Crippen molar-refractivity contribution in [2.75, 3.05) is 18.5 Å². The zero-order valence-corrected chi connectivity index (χ0v) is 17.1. The minimum atomic E-state index is -0.615. The molecule has 1 amide bonds. The van der Waals surface area contributed by atoms with Gasteiger partial charge in [0.2, 0.25) is 0 Å². The van der Waals surface area contributed by atoms with Crippen LogP contribution in [0.15, 0.2) is 61.2 Å². The lowest BCUT2D eigenvalue weighted by Crippen LogP contribution is -2.57. The van der Waals surface area contributed by atoms with Gasteiger partial charge in [-0.2, -0.15) is 0 Å². The summed E-state index contributed by atoms with van der Waals surface area (Å²) in [5.41, 5.74) is 1.99. The van der Waals surface area contributed by atoms with Crippen molar-refractivity contribution in [1.82, 2.24) is 4.90 Å². The molecule has 28 heavy (non-hydrogen) atoms. The Bertz CT molecular complexity index is 829. The van der Waals surface area contributed by atoms with E-state index in [4.69, 9.17) is 4.74 Å². The molecule has 0 aromatic heterocycles. The molecule has 1 atom stereocenters. The Morgan fingerprint density at radius 1 is 1.18 bits per heavy atom. The van der Waals surface area contributed by atoms with Crippen molar-refractivity contribution in [2.45, 2.75) is 39.3 Å². The Kier molecular flexibility index (Phi) is 6.08. The highest BCUT2D eigenvalue weighted by Crippen LogP contribution is 2.40. The second-order valence-electron chi connectivity index (χ2n) is 7.64. The number of ether oxygens (including phenoxy) is 1. The van der Waals surface area contributed by atoms with Crippen LogP contribution >= 0.6 is 0 Å². The van der Waals surface area contributed by atoms with Crippen molar-refractivity contribution in [2.24, 2.45) is 5.92 Å². The Labute approximate surface area is 168 Å². The SMILES string of the molecule is C=CCN1C(=O)c2ccccc2NC1(CC)c1ccc(OCCC(C)C)cc1. The molecule has 3 rings (SSSR count). The summed E-state index contributed by atoms with van der Waals surface area (Å²) in [6.45, 7) is 11.5. The first-order valence-electron chi connectivity index (χ1n) is 10.0. The van der Waals surface area contributed by atoms with Gasteiger partial charge in [-0.05, 0) is 48.6 Å². The summed E-state index contributed by atoms with van der Waals surface area (Å²) in [5, 5.41) is 3.64. The maximum atomic E-state index is 13.2. The lowest BCUT2D eigenvalue weighted by Gasteiger charge is -2.48. The van der Waals surface area contributed by atoms with Gasteiger partial charge in [-0.15, -0.1) is 6.58 Å². The van der Waals surface area contributed by atoms with Gasteiger partial charge in [0, 0.05) is 12.2 Å². The lowest BCUT2D eigenvalue weighted by molar-refractivity contribution is 0.0524. The number of nitrogens with one attached hydrogen (secondary N) is 1. The van der Waals surface area contributed by atoms with E-state index in [-0.39, 0.29) is 5.91 Å². The number of carbonyl (C=O) groups is 1. The van der Waals surface area contributed by atoms with Crippen molar-refractivity contribution in [3.05, 3.63) is 72.3 Å². The van der Waals surface area contributed by atoms with Crippen LogP contribution in [0.3, 0.4) is 0 Å². The third-order valence-electron chi connectivity index (χ3n) is 5.32. The van der Waals surface area contributed by atoms with Crippen LogP contribution in [0.1, 0.15) is 49.5 Å². The molecule has 1 N–H and O–H groups in total. The number of fused-ring (bicyclic) bond motifs is 1. The van der Waals surface area contributed by atoms with Gasteiger partial charge in [0.05, 0.1) is 12.2 Å². The van der Waals surface area contributed by atoms with Gasteiger partial charge in [-0.1, -0.05) is 51.1 Å². The number of nitrogens with zero attached hydrogens (tertiary/aromatic N) is 1. The third kappa shape index (κ3) is 3.77. The second-order valence-corrected chi connectivity index (χ2v) is 7.64. The van der Waals surface area contributed by atoms with E-state index < -0.39 is 5.66 Å². The highest BCUT2D eigenvalue weighted by atomic mass is 16.5. The fourth-order valence-electron chi connectivity index (χ4n) is 3.71. The van der Waals surface area contributed by atoms with Crippen LogP contribution in [-0.2, 0) is 5.66 Å². The Morgan fingerprint density at radius 2 is 1.89 bits per heavy atom. The minimum Gasteiger partial charge on any atom is -0.494 e. The second kappa shape index (κ2) is 8.51. The van der Waals surface area contributed by atoms with Crippen LogP contribution in [0.2, 0.25) is 0 Å². The fourth-order valence-corrected chi connectivity index (χ4v) is 3.71. The highest BCUT2D eigenvalue weighted by Gasteiger charge is 2.44. The van der Waals surface area contributed by atoms with E-state index >= 15 is 0 Å². The van der Waals surface area contributed by atoms with E-state index in [9.17, 15) is 4.79 Å². The first-order chi connectivity index (χ1) is 13.5. The number of amides is 1. The number of anilines is 1. The zero-order chi connectivity index (χ0) is 20.1. The van der Waals surface area contributed by atoms with Gasteiger partial charge in [0.15, 0.2) is 0 Å². The molecule has 0 bridgehead atoms. The maximum Gasteiger partial charge on any atom is 0.258 e. The molecular formula is C24H30N2O2. The molecule has 0 fully saturated rings. The molecule has 4 nitrogen and oxygen atoms in total. The molecule has 0 radical (unpaired) electrons. The Hall–Kier alpha value is -2.75. The summed E-state index contributed by atoms with van der Waals surface area (Å²) in [6.07, 6.45) is 3.54. The predicted molar refractivity (Wildman–Crippen MR) is 115 cm³/mol. The van der Waals surface area contributed by atoms with Crippen molar-refractivity contribution >= 4 is 11.6 Å². The standard InChI is InChI=1S/C24H30N2O2/c1-5-16-26-23(27)21-9-7-8-10-22(21)25-24(26,6-2)19-11-13-20(14-12-19)28-17-15-18(3)4/h5,7-14,18,25H,1,6,15-17H2,2-4H3. The molecule has 1 aliphatic heterocycles. The van der Waals surface area contributed by atoms with E-state index in [0.29, 0.717) is 24.6 Å². The first-order valence-corrected chi connectivity index (χ1v) is 10.0. The molecule has 0 aliphatic carbocycles. The topological polar surface area (TPSA) is 41.6 Å². The number of hydrogen-bond acceptors (Lipinski definition) is 3. The smallest absolute Gasteiger partial charge is 0.258 e. The maximum absolute atomic E-state index is 13.2. The van der Waals surface area contributed by atoms with Gasteiger partial charge in [0.1, 0.15) is 11.4 Å². The molecule has 2 aromatic carbocycles. The molecule has 0 saturated carbocycles. The minimum absolute atomic E-state index is 0.0216.